The van der Waals surface area contributed by atoms with Gasteiger partial charge in [0.1, 0.15) is 11.2 Å². The summed E-state index contributed by atoms with van der Waals surface area (Å²) < 4.78 is 6.42. The van der Waals surface area contributed by atoms with E-state index in [1.165, 1.54) is 99.1 Å². The van der Waals surface area contributed by atoms with Crippen molar-refractivity contribution >= 4 is 65.2 Å². The van der Waals surface area contributed by atoms with Crippen molar-refractivity contribution in [3.63, 3.8) is 0 Å². The van der Waals surface area contributed by atoms with E-state index in [4.69, 9.17) is 14.4 Å². The van der Waals surface area contributed by atoms with Gasteiger partial charge in [-0.05, 0) is 148 Å². The van der Waals surface area contributed by atoms with Crippen molar-refractivity contribution in [3.05, 3.63) is 265 Å². The molecule has 72 heavy (non-hydrogen) atoms. The van der Waals surface area contributed by atoms with E-state index in [9.17, 15) is 0 Å². The smallest absolute Gasteiger partial charge is 0.160 e. The molecule has 0 N–H and O–H groups in total. The van der Waals surface area contributed by atoms with E-state index in [1.54, 1.807) is 0 Å². The Labute approximate surface area is 415 Å². The fourth-order valence-electron chi connectivity index (χ4n) is 12.8. The highest BCUT2D eigenvalue weighted by Crippen LogP contribution is 2.64. The summed E-state index contributed by atoms with van der Waals surface area (Å²) in [6, 6.07) is 88.8. The maximum atomic E-state index is 6.42. The lowest BCUT2D eigenvalue weighted by Gasteiger charge is -2.31. The summed E-state index contributed by atoms with van der Waals surface area (Å²) in [5, 5.41) is 10.6. The number of rotatable bonds is 4. The lowest BCUT2D eigenvalue weighted by atomic mass is 9.70. The molecular formula is C69H40N2O. The van der Waals surface area contributed by atoms with Crippen LogP contribution >= 0.6 is 0 Å². The molecule has 2 aliphatic carbocycles. The molecule has 0 aliphatic heterocycles. The van der Waals surface area contributed by atoms with Crippen LogP contribution in [0.4, 0.5) is 0 Å². The lowest BCUT2D eigenvalue weighted by Crippen LogP contribution is -2.26. The van der Waals surface area contributed by atoms with Gasteiger partial charge in [-0.15, -0.1) is 0 Å². The summed E-state index contributed by atoms with van der Waals surface area (Å²) >= 11 is 0. The van der Waals surface area contributed by atoms with Gasteiger partial charge in [0.2, 0.25) is 0 Å². The van der Waals surface area contributed by atoms with E-state index < -0.39 is 5.41 Å². The third kappa shape index (κ3) is 5.39. The molecule has 332 valence electrons. The first-order valence-electron chi connectivity index (χ1n) is 24.8. The zero-order valence-electron chi connectivity index (χ0n) is 38.9. The average molecular weight is 913 g/mol. The molecule has 2 aliphatic rings. The molecule has 0 saturated heterocycles. The van der Waals surface area contributed by atoms with Crippen LogP contribution in [0.2, 0.25) is 0 Å². The molecule has 2 heterocycles. The molecule has 1 atom stereocenters. The van der Waals surface area contributed by atoms with Crippen LogP contribution in [-0.2, 0) is 5.41 Å². The molecule has 0 bridgehead atoms. The van der Waals surface area contributed by atoms with Gasteiger partial charge >= 0.3 is 0 Å². The van der Waals surface area contributed by atoms with Crippen molar-refractivity contribution in [1.29, 1.82) is 0 Å². The van der Waals surface area contributed by atoms with E-state index in [0.29, 0.717) is 5.82 Å². The molecule has 0 radical (unpaired) electrons. The van der Waals surface area contributed by atoms with Crippen molar-refractivity contribution in [2.45, 2.75) is 5.41 Å². The Morgan fingerprint density at radius 1 is 0.278 bits per heavy atom. The number of hydrogen-bond donors (Lipinski definition) is 0. The van der Waals surface area contributed by atoms with Gasteiger partial charge in [0, 0.05) is 27.3 Å². The van der Waals surface area contributed by atoms with Crippen LogP contribution < -0.4 is 0 Å². The topological polar surface area (TPSA) is 38.9 Å². The highest BCUT2D eigenvalue weighted by Gasteiger charge is 2.52. The Morgan fingerprint density at radius 3 is 1.49 bits per heavy atom. The summed E-state index contributed by atoms with van der Waals surface area (Å²) in [7, 11) is 0. The number of aromatic nitrogens is 2. The van der Waals surface area contributed by atoms with Crippen molar-refractivity contribution in [2.24, 2.45) is 0 Å². The van der Waals surface area contributed by atoms with Crippen LogP contribution in [0.3, 0.4) is 0 Å². The summed E-state index contributed by atoms with van der Waals surface area (Å²) in [5.41, 5.74) is 19.8. The number of nitrogens with zero attached hydrogens (tertiary/aromatic N) is 2. The summed E-state index contributed by atoms with van der Waals surface area (Å²) in [6.07, 6.45) is 0. The van der Waals surface area contributed by atoms with Gasteiger partial charge in [-0.3, -0.25) is 0 Å². The number of fused-ring (bicyclic) bond motifs is 21. The first kappa shape index (κ1) is 39.4. The van der Waals surface area contributed by atoms with E-state index in [2.05, 4.69) is 231 Å². The standard InChI is InChI=1S/C69H40N2O/c1-4-16-41(17-5-1)44-28-31-47-53(36-44)54-37-45(42-18-6-2-7-19-42)29-32-48(54)56-40-61-57(39-55(47)56)50-23-11-14-26-59(50)69(61)58-25-13-10-22-49(58)51-33-30-46(38-60(51)69)68-70-62-34-35-64-65(52-24-12-15-27-63(52)72-64)66(62)67(71-68)43-20-8-3-9-21-43/h1-40H. The Balaban J connectivity index is 0.975. The third-order valence-electron chi connectivity index (χ3n) is 15.9. The van der Waals surface area contributed by atoms with Crippen LogP contribution in [0.5, 0.6) is 0 Å². The van der Waals surface area contributed by atoms with Crippen LogP contribution in [0.25, 0.3) is 132 Å². The molecule has 14 aromatic rings. The van der Waals surface area contributed by atoms with Gasteiger partial charge in [0.15, 0.2) is 5.82 Å². The number of hydrogen-bond acceptors (Lipinski definition) is 3. The highest BCUT2D eigenvalue weighted by molar-refractivity contribution is 6.27. The zero-order valence-corrected chi connectivity index (χ0v) is 38.9. The zero-order chi connectivity index (χ0) is 47.1. The van der Waals surface area contributed by atoms with Gasteiger partial charge in [0.25, 0.3) is 0 Å². The fourth-order valence-corrected chi connectivity index (χ4v) is 12.8. The molecule has 0 fully saturated rings. The van der Waals surface area contributed by atoms with Crippen LogP contribution in [0.1, 0.15) is 22.3 Å². The van der Waals surface area contributed by atoms with Gasteiger partial charge < -0.3 is 4.42 Å². The van der Waals surface area contributed by atoms with Crippen molar-refractivity contribution in [2.75, 3.05) is 0 Å². The first-order chi connectivity index (χ1) is 35.7. The van der Waals surface area contributed by atoms with Crippen molar-refractivity contribution in [1.82, 2.24) is 9.97 Å². The van der Waals surface area contributed by atoms with E-state index >= 15 is 0 Å². The minimum absolute atomic E-state index is 0.606. The summed E-state index contributed by atoms with van der Waals surface area (Å²) in [5.74, 6) is 0.689. The maximum Gasteiger partial charge on any atom is 0.160 e. The lowest BCUT2D eigenvalue weighted by molar-refractivity contribution is 0.669. The Morgan fingerprint density at radius 2 is 0.806 bits per heavy atom. The molecule has 3 nitrogen and oxygen atoms in total. The second-order valence-electron chi connectivity index (χ2n) is 19.5. The van der Waals surface area contributed by atoms with E-state index in [1.807, 2.05) is 12.1 Å². The first-order valence-corrected chi connectivity index (χ1v) is 24.8. The van der Waals surface area contributed by atoms with E-state index in [0.717, 1.165) is 49.7 Å². The number of para-hydroxylation sites is 1. The predicted molar refractivity (Wildman–Crippen MR) is 297 cm³/mol. The molecule has 16 rings (SSSR count). The molecule has 1 spiro atoms. The minimum atomic E-state index is -0.606. The van der Waals surface area contributed by atoms with E-state index in [-0.39, 0.29) is 0 Å². The van der Waals surface area contributed by atoms with Crippen molar-refractivity contribution in [3.8, 4) is 67.2 Å². The highest BCUT2D eigenvalue weighted by atomic mass is 16.3. The Hall–Kier alpha value is -9.44. The average Bonchev–Trinajstić information content (AvgIpc) is 4.09. The second-order valence-corrected chi connectivity index (χ2v) is 19.5. The normalized spacial score (nSPS) is 14.4. The molecular weight excluding hydrogens is 873 g/mol. The van der Waals surface area contributed by atoms with Gasteiger partial charge in [-0.1, -0.05) is 194 Å². The third-order valence-corrected chi connectivity index (χ3v) is 15.9. The Kier molecular flexibility index (Phi) is 8.09. The van der Waals surface area contributed by atoms with Gasteiger partial charge in [-0.25, -0.2) is 9.97 Å². The molecule has 0 saturated carbocycles. The Bertz CT molecular complexity index is 4610. The van der Waals surface area contributed by atoms with Crippen LogP contribution in [0.15, 0.2) is 247 Å². The van der Waals surface area contributed by atoms with Gasteiger partial charge in [0.05, 0.1) is 16.6 Å². The molecule has 1 unspecified atom stereocenters. The largest absolute Gasteiger partial charge is 0.456 e. The number of furan rings is 1. The van der Waals surface area contributed by atoms with Crippen molar-refractivity contribution < 1.29 is 4.42 Å². The monoisotopic (exact) mass is 912 g/mol. The second kappa shape index (κ2) is 14.8. The molecule has 0 amide bonds. The number of benzene rings is 12. The summed E-state index contributed by atoms with van der Waals surface area (Å²) in [4.78, 5) is 11.0. The van der Waals surface area contributed by atoms with Crippen LogP contribution in [-0.4, -0.2) is 9.97 Å². The van der Waals surface area contributed by atoms with Gasteiger partial charge in [-0.2, -0.15) is 0 Å². The predicted octanol–water partition coefficient (Wildman–Crippen LogP) is 18.0. The van der Waals surface area contributed by atoms with Crippen LogP contribution in [0, 0.1) is 0 Å². The summed E-state index contributed by atoms with van der Waals surface area (Å²) in [6.45, 7) is 0. The molecule has 2 aromatic heterocycles. The molecule has 3 heteroatoms. The fraction of sp³-hybridized carbons (Fsp3) is 0.0145. The maximum absolute atomic E-state index is 6.42. The minimum Gasteiger partial charge on any atom is -0.456 e. The SMILES string of the molecule is c1ccc(-c2ccc3c(c2)c2cc(-c4ccccc4)ccc2c2cc4c(cc32)-c2ccccc2C42c3ccccc3-c3ccc(-c4nc(-c5ccccc5)c5c(ccc6oc7ccccc7c65)n4)cc32)cc1. The molecule has 12 aromatic carbocycles. The quantitative estimate of drug-likeness (QED) is 0.165.